The van der Waals surface area contributed by atoms with Crippen LogP contribution < -0.4 is 15.8 Å². The third-order valence-electron chi connectivity index (χ3n) is 2.74. The fourth-order valence-electron chi connectivity index (χ4n) is 1.80. The summed E-state index contributed by atoms with van der Waals surface area (Å²) in [6.45, 7) is 2.06. The summed E-state index contributed by atoms with van der Waals surface area (Å²) in [5.74, 6) is 0.636. The lowest BCUT2D eigenvalue weighted by molar-refractivity contribution is -0.116. The number of nitrogens with two attached hydrogens (primary N) is 1. The Morgan fingerprint density at radius 1 is 1.53 bits per heavy atom. The molecule has 0 aliphatic heterocycles. The van der Waals surface area contributed by atoms with E-state index in [0.29, 0.717) is 23.0 Å². The van der Waals surface area contributed by atoms with Crippen molar-refractivity contribution in [1.29, 1.82) is 0 Å². The molecule has 1 amide bonds. The van der Waals surface area contributed by atoms with E-state index in [1.165, 1.54) is 11.3 Å². The summed E-state index contributed by atoms with van der Waals surface area (Å²) >= 11 is 1.38. The van der Waals surface area contributed by atoms with Crippen molar-refractivity contribution in [3.8, 4) is 5.75 Å². The van der Waals surface area contributed by atoms with Crippen LogP contribution in [0.5, 0.6) is 5.75 Å². The molecule has 2 aromatic rings. The molecular formula is C13H17N3O2S. The number of nitrogens with zero attached hydrogens (tertiary/aromatic N) is 1. The van der Waals surface area contributed by atoms with E-state index in [0.717, 1.165) is 23.1 Å². The van der Waals surface area contributed by atoms with Crippen LogP contribution in [0.1, 0.15) is 26.2 Å². The van der Waals surface area contributed by atoms with E-state index in [-0.39, 0.29) is 5.91 Å². The van der Waals surface area contributed by atoms with Gasteiger partial charge in [0.15, 0.2) is 5.13 Å². The second-order valence-corrected chi connectivity index (χ2v) is 5.29. The number of methoxy groups -OCH3 is 1. The van der Waals surface area contributed by atoms with Crippen molar-refractivity contribution in [3.05, 3.63) is 12.1 Å². The second kappa shape index (κ2) is 5.88. The summed E-state index contributed by atoms with van der Waals surface area (Å²) in [6.07, 6.45) is 2.42. The highest BCUT2D eigenvalue weighted by molar-refractivity contribution is 7.22. The number of ether oxygens (including phenoxy) is 1. The first-order chi connectivity index (χ1) is 9.13. The lowest BCUT2D eigenvalue weighted by Gasteiger charge is -2.07. The SMILES string of the molecule is CCCCC(=O)Nc1cc(OC)c2nc(N)sc2c1. The number of aromatic nitrogens is 1. The lowest BCUT2D eigenvalue weighted by atomic mass is 10.2. The Hall–Kier alpha value is -1.82. The summed E-state index contributed by atoms with van der Waals surface area (Å²) in [4.78, 5) is 15.9. The number of nitrogen functional groups attached to an aromatic ring is 1. The molecular weight excluding hydrogens is 262 g/mol. The molecule has 6 heteroatoms. The van der Waals surface area contributed by atoms with Crippen molar-refractivity contribution in [1.82, 2.24) is 4.98 Å². The molecule has 0 fully saturated rings. The van der Waals surface area contributed by atoms with Crippen LogP contribution in [0.15, 0.2) is 12.1 Å². The first-order valence-electron chi connectivity index (χ1n) is 6.18. The number of benzene rings is 1. The van der Waals surface area contributed by atoms with Gasteiger partial charge in [-0.3, -0.25) is 4.79 Å². The first-order valence-corrected chi connectivity index (χ1v) is 6.99. The molecule has 3 N–H and O–H groups in total. The smallest absolute Gasteiger partial charge is 0.224 e. The van der Waals surface area contributed by atoms with E-state index < -0.39 is 0 Å². The van der Waals surface area contributed by atoms with Crippen molar-refractivity contribution in [2.24, 2.45) is 0 Å². The summed E-state index contributed by atoms with van der Waals surface area (Å²) in [5.41, 5.74) is 7.15. The van der Waals surface area contributed by atoms with Gasteiger partial charge in [-0.2, -0.15) is 0 Å². The average Bonchev–Trinajstić information content (AvgIpc) is 2.75. The predicted molar refractivity (Wildman–Crippen MR) is 78.7 cm³/mol. The normalized spacial score (nSPS) is 10.6. The molecule has 0 radical (unpaired) electrons. The van der Waals surface area contributed by atoms with Crippen LogP contribution in [0.2, 0.25) is 0 Å². The van der Waals surface area contributed by atoms with E-state index in [1.807, 2.05) is 6.07 Å². The Labute approximate surface area is 115 Å². The van der Waals surface area contributed by atoms with Crippen molar-refractivity contribution < 1.29 is 9.53 Å². The van der Waals surface area contributed by atoms with Crippen molar-refractivity contribution in [2.45, 2.75) is 26.2 Å². The Morgan fingerprint density at radius 2 is 2.32 bits per heavy atom. The number of hydrogen-bond donors (Lipinski definition) is 2. The van der Waals surface area contributed by atoms with Gasteiger partial charge in [0.1, 0.15) is 11.3 Å². The average molecular weight is 279 g/mol. The number of carbonyl (C=O) groups excluding carboxylic acids is 1. The van der Waals surface area contributed by atoms with Crippen LogP contribution in [0.3, 0.4) is 0 Å². The summed E-state index contributed by atoms with van der Waals surface area (Å²) in [7, 11) is 1.58. The minimum absolute atomic E-state index is 0.0146. The molecule has 0 unspecified atom stereocenters. The fraction of sp³-hybridized carbons (Fsp3) is 0.385. The van der Waals surface area contributed by atoms with Crippen molar-refractivity contribution >= 4 is 38.3 Å². The molecule has 0 aliphatic rings. The lowest BCUT2D eigenvalue weighted by Crippen LogP contribution is -2.10. The zero-order chi connectivity index (χ0) is 13.8. The Bertz CT molecular complexity index is 595. The predicted octanol–water partition coefficient (Wildman–Crippen LogP) is 3.02. The van der Waals surface area contributed by atoms with Crippen LogP contribution in [-0.4, -0.2) is 18.0 Å². The van der Waals surface area contributed by atoms with Crippen LogP contribution in [0.4, 0.5) is 10.8 Å². The molecule has 0 spiro atoms. The molecule has 2 rings (SSSR count). The summed E-state index contributed by atoms with van der Waals surface area (Å²) in [5, 5.41) is 3.36. The standard InChI is InChI=1S/C13H17N3O2S/c1-3-4-5-11(17)15-8-6-9(18-2)12-10(7-8)19-13(14)16-12/h6-7H,3-5H2,1-2H3,(H2,14,16)(H,15,17). The van der Waals surface area contributed by atoms with Gasteiger partial charge in [-0.05, 0) is 12.5 Å². The highest BCUT2D eigenvalue weighted by Crippen LogP contribution is 2.34. The second-order valence-electron chi connectivity index (χ2n) is 4.23. The molecule has 19 heavy (non-hydrogen) atoms. The highest BCUT2D eigenvalue weighted by atomic mass is 32.1. The van der Waals surface area contributed by atoms with Gasteiger partial charge in [0, 0.05) is 18.2 Å². The molecule has 1 aromatic heterocycles. The van der Waals surface area contributed by atoms with Crippen LogP contribution in [0, 0.1) is 0 Å². The number of thiazole rings is 1. The monoisotopic (exact) mass is 279 g/mol. The first kappa shape index (κ1) is 13.6. The van der Waals surface area contributed by atoms with Crippen LogP contribution in [0.25, 0.3) is 10.2 Å². The molecule has 102 valence electrons. The van der Waals surface area contributed by atoms with E-state index in [1.54, 1.807) is 13.2 Å². The quantitative estimate of drug-likeness (QED) is 0.882. The highest BCUT2D eigenvalue weighted by Gasteiger charge is 2.11. The van der Waals surface area contributed by atoms with E-state index in [2.05, 4.69) is 17.2 Å². The molecule has 1 heterocycles. The van der Waals surface area contributed by atoms with Gasteiger partial charge in [-0.25, -0.2) is 4.98 Å². The summed E-state index contributed by atoms with van der Waals surface area (Å²) < 4.78 is 6.19. The van der Waals surface area contributed by atoms with E-state index in [9.17, 15) is 4.79 Å². The molecule has 5 nitrogen and oxygen atoms in total. The van der Waals surface area contributed by atoms with Gasteiger partial charge in [0.2, 0.25) is 5.91 Å². The molecule has 0 aliphatic carbocycles. The van der Waals surface area contributed by atoms with Gasteiger partial charge < -0.3 is 15.8 Å². The van der Waals surface area contributed by atoms with Crippen molar-refractivity contribution in [3.63, 3.8) is 0 Å². The van der Waals surface area contributed by atoms with Gasteiger partial charge in [0.25, 0.3) is 0 Å². The molecule has 0 bridgehead atoms. The van der Waals surface area contributed by atoms with Crippen LogP contribution >= 0.6 is 11.3 Å². The zero-order valence-corrected chi connectivity index (χ0v) is 11.8. The Morgan fingerprint density at radius 3 is 3.00 bits per heavy atom. The zero-order valence-electron chi connectivity index (χ0n) is 11.0. The number of anilines is 2. The Kier molecular flexibility index (Phi) is 4.21. The minimum atomic E-state index is 0.0146. The molecule has 0 saturated heterocycles. The maximum atomic E-state index is 11.7. The molecule has 0 atom stereocenters. The molecule has 1 aromatic carbocycles. The maximum absolute atomic E-state index is 11.7. The number of nitrogens with one attached hydrogen (secondary N) is 1. The summed E-state index contributed by atoms with van der Waals surface area (Å²) in [6, 6.07) is 3.64. The fourth-order valence-corrected chi connectivity index (χ4v) is 2.60. The van der Waals surface area contributed by atoms with Gasteiger partial charge >= 0.3 is 0 Å². The number of amides is 1. The van der Waals surface area contributed by atoms with Crippen LogP contribution in [-0.2, 0) is 4.79 Å². The third-order valence-corrected chi connectivity index (χ3v) is 3.57. The Balaban J connectivity index is 2.26. The van der Waals surface area contributed by atoms with E-state index >= 15 is 0 Å². The topological polar surface area (TPSA) is 77.2 Å². The van der Waals surface area contributed by atoms with E-state index in [4.69, 9.17) is 10.5 Å². The molecule has 0 saturated carbocycles. The maximum Gasteiger partial charge on any atom is 0.224 e. The van der Waals surface area contributed by atoms with Gasteiger partial charge in [0.05, 0.1) is 11.8 Å². The largest absolute Gasteiger partial charge is 0.494 e. The number of fused-ring (bicyclic) bond motifs is 1. The number of carbonyl (C=O) groups is 1. The van der Waals surface area contributed by atoms with Gasteiger partial charge in [-0.1, -0.05) is 24.7 Å². The number of hydrogen-bond acceptors (Lipinski definition) is 5. The third kappa shape index (κ3) is 3.14. The minimum Gasteiger partial charge on any atom is -0.494 e. The number of unbranched alkanes of at least 4 members (excludes halogenated alkanes) is 1. The van der Waals surface area contributed by atoms with Crippen molar-refractivity contribution in [2.75, 3.05) is 18.2 Å². The number of rotatable bonds is 5. The van der Waals surface area contributed by atoms with Gasteiger partial charge in [-0.15, -0.1) is 0 Å².